The van der Waals surface area contributed by atoms with Gasteiger partial charge in [0, 0.05) is 35.6 Å². The number of aromatic nitrogens is 1. The van der Waals surface area contributed by atoms with Gasteiger partial charge < -0.3 is 4.90 Å². The number of fused-ring (bicyclic) bond motifs is 1. The molecule has 0 N–H and O–H groups in total. The molecule has 1 aliphatic heterocycles. The van der Waals surface area contributed by atoms with Crippen molar-refractivity contribution in [3.8, 4) is 0 Å². The Balaban J connectivity index is 1.50. The molecule has 7 rings (SSSR count). The second-order valence-electron chi connectivity index (χ2n) is 10.3. The molecule has 2 heterocycles. The summed E-state index contributed by atoms with van der Waals surface area (Å²) in [5.74, 6) is -0.226. The molecule has 1 atom stereocenters. The van der Waals surface area contributed by atoms with Gasteiger partial charge in [-0.2, -0.15) is 0 Å². The van der Waals surface area contributed by atoms with E-state index in [1.165, 1.54) is 11.3 Å². The molecule has 0 saturated carbocycles. The molecule has 1 aliphatic carbocycles. The first kappa shape index (κ1) is 26.5. The fourth-order valence-electron chi connectivity index (χ4n) is 6.00. The van der Waals surface area contributed by atoms with Crippen molar-refractivity contribution in [2.24, 2.45) is 0 Å². The number of hydrogen-bond donors (Lipinski definition) is 0. The van der Waals surface area contributed by atoms with E-state index in [4.69, 9.17) is 0 Å². The van der Waals surface area contributed by atoms with Gasteiger partial charge in [0.2, 0.25) is 0 Å². The Morgan fingerprint density at radius 2 is 1.33 bits per heavy atom. The lowest BCUT2D eigenvalue weighted by atomic mass is 9.90. The average Bonchev–Trinajstić information content (AvgIpc) is 3.66. The smallest absolute Gasteiger partial charge is 0.271 e. The summed E-state index contributed by atoms with van der Waals surface area (Å²) in [7, 11) is 2.03. The standard InChI is InChI=1S/C36H28N2O2S2/c1-3-38-34(40)33(36-37(2)30(24-17-9-5-10-18-24)32(41-36)25-19-11-6-12-20-25)42-35(38)29-28(23-15-7-4-8-16-23)26-21-13-14-22-27(26)31(29)39/h4-22,28H,3H2,1-2H3/b35-29+,36-33-. The summed E-state index contributed by atoms with van der Waals surface area (Å²) < 4.78 is 3.18. The van der Waals surface area contributed by atoms with Crippen molar-refractivity contribution in [3.63, 3.8) is 0 Å². The van der Waals surface area contributed by atoms with E-state index in [1.807, 2.05) is 92.8 Å². The van der Waals surface area contributed by atoms with E-state index in [1.54, 1.807) is 16.3 Å². The summed E-state index contributed by atoms with van der Waals surface area (Å²) in [6, 6.07) is 38.6. The van der Waals surface area contributed by atoms with Gasteiger partial charge in [0.25, 0.3) is 5.56 Å². The van der Waals surface area contributed by atoms with Gasteiger partial charge in [-0.05, 0) is 29.2 Å². The third-order valence-corrected chi connectivity index (χ3v) is 10.6. The van der Waals surface area contributed by atoms with E-state index >= 15 is 0 Å². The number of rotatable bonds is 4. The second-order valence-corrected chi connectivity index (χ2v) is 12.3. The summed E-state index contributed by atoms with van der Waals surface area (Å²) in [4.78, 5) is 31.5. The van der Waals surface area contributed by atoms with Gasteiger partial charge in [0.1, 0.15) is 14.2 Å². The van der Waals surface area contributed by atoms with Gasteiger partial charge in [-0.3, -0.25) is 14.2 Å². The van der Waals surface area contributed by atoms with Gasteiger partial charge in [-0.25, -0.2) is 0 Å². The molecule has 2 aliphatic rings. The van der Waals surface area contributed by atoms with Crippen LogP contribution in [0.5, 0.6) is 0 Å². The highest BCUT2D eigenvalue weighted by Crippen LogP contribution is 2.50. The maximum atomic E-state index is 14.2. The fraction of sp³-hybridized carbons (Fsp3) is 0.111. The lowest BCUT2D eigenvalue weighted by molar-refractivity contribution is 0.105. The molecule has 4 aromatic carbocycles. The molecule has 42 heavy (non-hydrogen) atoms. The molecule has 4 nitrogen and oxygen atoms in total. The van der Waals surface area contributed by atoms with Crippen molar-refractivity contribution >= 4 is 50.1 Å². The zero-order valence-corrected chi connectivity index (χ0v) is 24.9. The van der Waals surface area contributed by atoms with Gasteiger partial charge in [-0.1, -0.05) is 127 Å². The maximum absolute atomic E-state index is 14.2. The Kier molecular flexibility index (Phi) is 6.81. The molecule has 5 aromatic rings. The Morgan fingerprint density at radius 1 is 0.738 bits per heavy atom. The van der Waals surface area contributed by atoms with Gasteiger partial charge in [0.15, 0.2) is 5.78 Å². The van der Waals surface area contributed by atoms with Crippen LogP contribution in [-0.2, 0) is 6.54 Å². The van der Waals surface area contributed by atoms with Crippen LogP contribution < -0.4 is 14.8 Å². The zero-order valence-electron chi connectivity index (χ0n) is 23.3. The van der Waals surface area contributed by atoms with Crippen LogP contribution in [0, 0.1) is 0 Å². The van der Waals surface area contributed by atoms with Gasteiger partial charge >= 0.3 is 0 Å². The highest BCUT2D eigenvalue weighted by Gasteiger charge is 2.37. The number of ketones is 1. The molecule has 206 valence electrons. The predicted molar refractivity (Wildman–Crippen MR) is 174 cm³/mol. The molecule has 6 heteroatoms. The first-order chi connectivity index (χ1) is 20.6. The SMILES string of the molecule is CCn1c(=O)/c(=C2/SC(c3ccccc3)=C(c3ccccc3)N2C)s/c1=C1/C(=O)c2ccccc2C1c1ccccc1. The Bertz CT molecular complexity index is 2040. The summed E-state index contributed by atoms with van der Waals surface area (Å²) in [5.41, 5.74) is 6.65. The fourth-order valence-corrected chi connectivity index (χ4v) is 8.72. The van der Waals surface area contributed by atoms with Gasteiger partial charge in [-0.15, -0.1) is 11.3 Å². The molecule has 1 unspecified atom stereocenters. The van der Waals surface area contributed by atoms with E-state index in [2.05, 4.69) is 41.3 Å². The number of nitrogens with zero attached hydrogens (tertiary/aromatic N) is 2. The molecule has 0 radical (unpaired) electrons. The molecule has 0 amide bonds. The molecule has 0 bridgehead atoms. The van der Waals surface area contributed by atoms with E-state index in [0.29, 0.717) is 22.2 Å². The van der Waals surface area contributed by atoms with E-state index < -0.39 is 0 Å². The summed E-state index contributed by atoms with van der Waals surface area (Å²) in [6.07, 6.45) is 0. The lowest BCUT2D eigenvalue weighted by Crippen LogP contribution is -2.34. The van der Waals surface area contributed by atoms with Crippen LogP contribution in [0.2, 0.25) is 0 Å². The number of thioether (sulfide) groups is 1. The number of Topliss-reactive ketones (excluding diaryl/α,β-unsaturated/α-hetero) is 1. The first-order valence-electron chi connectivity index (χ1n) is 14.0. The highest BCUT2D eigenvalue weighted by molar-refractivity contribution is 8.16. The lowest BCUT2D eigenvalue weighted by Gasteiger charge is -2.17. The summed E-state index contributed by atoms with van der Waals surface area (Å²) in [6.45, 7) is 2.46. The largest absolute Gasteiger partial charge is 0.336 e. The minimum atomic E-state index is -0.226. The first-order valence-corrected chi connectivity index (χ1v) is 15.6. The molecular formula is C36H28N2O2S2. The number of benzene rings is 4. The van der Waals surface area contributed by atoms with Crippen LogP contribution in [0.3, 0.4) is 0 Å². The van der Waals surface area contributed by atoms with Crippen molar-refractivity contribution in [2.45, 2.75) is 19.4 Å². The topological polar surface area (TPSA) is 42.3 Å². The van der Waals surface area contributed by atoms with Crippen LogP contribution in [0.25, 0.3) is 21.2 Å². The van der Waals surface area contributed by atoms with E-state index in [0.717, 1.165) is 42.5 Å². The average molecular weight is 585 g/mol. The quantitative estimate of drug-likeness (QED) is 0.246. The van der Waals surface area contributed by atoms with Crippen LogP contribution in [-0.4, -0.2) is 22.3 Å². The Hall–Kier alpha value is -4.39. The summed E-state index contributed by atoms with van der Waals surface area (Å²) >= 11 is 3.07. The molecule has 1 aromatic heterocycles. The summed E-state index contributed by atoms with van der Waals surface area (Å²) in [5, 5.41) is 0.885. The minimum Gasteiger partial charge on any atom is -0.336 e. The van der Waals surface area contributed by atoms with Crippen molar-refractivity contribution < 1.29 is 4.79 Å². The van der Waals surface area contributed by atoms with E-state index in [9.17, 15) is 9.59 Å². The van der Waals surface area contributed by atoms with Crippen LogP contribution >= 0.6 is 23.1 Å². The Labute approximate surface area is 252 Å². The predicted octanol–water partition coefficient (Wildman–Crippen LogP) is 6.38. The zero-order chi connectivity index (χ0) is 28.8. The molecule has 0 saturated heterocycles. The number of carbonyl (C=O) groups is 1. The number of hydrogen-bond acceptors (Lipinski definition) is 5. The number of thiazole rings is 1. The van der Waals surface area contributed by atoms with Crippen molar-refractivity contribution in [3.05, 3.63) is 163 Å². The van der Waals surface area contributed by atoms with Crippen LogP contribution in [0.4, 0.5) is 0 Å². The van der Waals surface area contributed by atoms with E-state index in [-0.39, 0.29) is 17.3 Å². The van der Waals surface area contributed by atoms with Gasteiger partial charge in [0.05, 0.1) is 5.70 Å². The molecule has 0 fully saturated rings. The van der Waals surface area contributed by atoms with Crippen molar-refractivity contribution in [1.82, 2.24) is 9.47 Å². The molecule has 0 spiro atoms. The van der Waals surface area contributed by atoms with Crippen molar-refractivity contribution in [1.29, 1.82) is 0 Å². The van der Waals surface area contributed by atoms with Crippen LogP contribution in [0.15, 0.2) is 120 Å². The van der Waals surface area contributed by atoms with Crippen LogP contribution in [0.1, 0.15) is 45.5 Å². The normalized spacial score (nSPS) is 19.0. The second kappa shape index (κ2) is 10.8. The third-order valence-electron chi connectivity index (χ3n) is 7.94. The number of carbonyl (C=O) groups excluding carboxylic acids is 1. The minimum absolute atomic E-state index is 0.0000400. The highest BCUT2D eigenvalue weighted by atomic mass is 32.2. The monoisotopic (exact) mass is 584 g/mol. The maximum Gasteiger partial charge on any atom is 0.271 e. The molecular weight excluding hydrogens is 557 g/mol. The van der Waals surface area contributed by atoms with Crippen molar-refractivity contribution in [2.75, 3.05) is 7.05 Å². The Morgan fingerprint density at radius 3 is 2.00 bits per heavy atom. The third kappa shape index (κ3) is 4.21.